The average Bonchev–Trinajstić information content (AvgIpc) is 3.31. The molecule has 3 N–H and O–H groups in total. The number of hydrogen-bond donors (Lipinski definition) is 3. The summed E-state index contributed by atoms with van der Waals surface area (Å²) < 4.78 is 2.11. The van der Waals surface area contributed by atoms with E-state index in [0.717, 1.165) is 35.6 Å². The van der Waals surface area contributed by atoms with Crippen molar-refractivity contribution in [1.29, 1.82) is 0 Å². The smallest absolute Gasteiger partial charge is 0.251 e. The molecule has 1 fully saturated rings. The van der Waals surface area contributed by atoms with Gasteiger partial charge in [0.1, 0.15) is 12.0 Å². The molecule has 156 valence electrons. The molecule has 3 aliphatic rings. The summed E-state index contributed by atoms with van der Waals surface area (Å²) in [5.41, 5.74) is 7.11. The van der Waals surface area contributed by atoms with Gasteiger partial charge in [0.05, 0.1) is 5.70 Å². The Morgan fingerprint density at radius 1 is 1.27 bits per heavy atom. The minimum Gasteiger partial charge on any atom is -0.349 e. The van der Waals surface area contributed by atoms with Crippen LogP contribution in [0.5, 0.6) is 0 Å². The van der Waals surface area contributed by atoms with E-state index in [1.807, 2.05) is 48.7 Å². The zero-order chi connectivity index (χ0) is 20.8. The lowest BCUT2D eigenvalue weighted by molar-refractivity contribution is 0.0951. The van der Waals surface area contributed by atoms with Crippen LogP contribution in [-0.4, -0.2) is 51.7 Å². The first-order valence-electron chi connectivity index (χ1n) is 10.3. The summed E-state index contributed by atoms with van der Waals surface area (Å²) in [6.45, 7) is 2.05. The third kappa shape index (κ3) is 3.48. The average molecular weight is 406 g/mol. The quantitative estimate of drug-likeness (QED) is 0.706. The molecule has 2 atom stereocenters. The lowest BCUT2D eigenvalue weighted by atomic mass is 10.1. The van der Waals surface area contributed by atoms with E-state index in [0.29, 0.717) is 11.6 Å². The highest BCUT2D eigenvalue weighted by Crippen LogP contribution is 2.32. The van der Waals surface area contributed by atoms with Crippen LogP contribution in [0.15, 0.2) is 48.4 Å². The van der Waals surface area contributed by atoms with Gasteiger partial charge in [-0.3, -0.25) is 14.7 Å². The summed E-state index contributed by atoms with van der Waals surface area (Å²) in [4.78, 5) is 19.2. The number of rotatable bonds is 5. The molecule has 1 aliphatic carbocycles. The van der Waals surface area contributed by atoms with Crippen LogP contribution in [0, 0.1) is 0 Å². The predicted molar refractivity (Wildman–Crippen MR) is 115 cm³/mol. The molecule has 0 spiro atoms. The molecule has 0 bridgehead atoms. The van der Waals surface area contributed by atoms with Gasteiger partial charge in [-0.2, -0.15) is 0 Å². The number of carbonyl (C=O) groups excluding carboxylic acids is 1. The highest BCUT2D eigenvalue weighted by Gasteiger charge is 2.31. The Morgan fingerprint density at radius 2 is 2.10 bits per heavy atom. The number of benzene rings is 1. The first kappa shape index (κ1) is 18.9. The summed E-state index contributed by atoms with van der Waals surface area (Å²) >= 11 is 0. The number of nitrogens with one attached hydrogen (secondary N) is 3. The lowest BCUT2D eigenvalue weighted by Crippen LogP contribution is -2.51. The highest BCUT2D eigenvalue weighted by atomic mass is 16.1. The van der Waals surface area contributed by atoms with Crippen LogP contribution < -0.4 is 16.1 Å². The van der Waals surface area contributed by atoms with Gasteiger partial charge in [-0.05, 0) is 43.5 Å². The molecule has 8 heteroatoms. The Hall–Kier alpha value is -3.10. The molecule has 30 heavy (non-hydrogen) atoms. The van der Waals surface area contributed by atoms with Gasteiger partial charge in [-0.1, -0.05) is 12.1 Å². The fourth-order valence-electron chi connectivity index (χ4n) is 4.03. The van der Waals surface area contributed by atoms with E-state index >= 15 is 0 Å². The lowest BCUT2D eigenvalue weighted by Gasteiger charge is -2.39. The number of fused-ring (bicyclic) bond motifs is 1. The van der Waals surface area contributed by atoms with Gasteiger partial charge in [-0.15, -0.1) is 0 Å². The Kier molecular flexibility index (Phi) is 4.60. The van der Waals surface area contributed by atoms with E-state index in [2.05, 4.69) is 56.6 Å². The number of hydrogen-bond acceptors (Lipinski definition) is 6. The van der Waals surface area contributed by atoms with Gasteiger partial charge >= 0.3 is 0 Å². The first-order valence-corrected chi connectivity index (χ1v) is 10.3. The van der Waals surface area contributed by atoms with Crippen molar-refractivity contribution >= 4 is 17.7 Å². The molecular weight excluding hydrogens is 378 g/mol. The summed E-state index contributed by atoms with van der Waals surface area (Å²) in [7, 11) is 4.07. The Labute approximate surface area is 176 Å². The number of carbonyl (C=O) groups is 1. The number of likely N-dealkylation sites (N-methyl/N-ethyl adjacent to an activating group) is 1. The first-order chi connectivity index (χ1) is 14.5. The van der Waals surface area contributed by atoms with Crippen LogP contribution in [0.25, 0.3) is 11.8 Å². The number of nitrogens with zero attached hydrogens (tertiary/aromatic N) is 4. The van der Waals surface area contributed by atoms with Crippen LogP contribution in [0.1, 0.15) is 47.8 Å². The monoisotopic (exact) mass is 405 g/mol. The van der Waals surface area contributed by atoms with Crippen molar-refractivity contribution in [3.63, 3.8) is 0 Å². The molecule has 1 aromatic carbocycles. The van der Waals surface area contributed by atoms with Crippen molar-refractivity contribution in [3.05, 3.63) is 65.4 Å². The van der Waals surface area contributed by atoms with Crippen molar-refractivity contribution < 1.29 is 4.79 Å². The largest absolute Gasteiger partial charge is 0.349 e. The number of aromatic nitrogens is 2. The zero-order valence-electron chi connectivity index (χ0n) is 17.5. The molecule has 5 rings (SSSR count). The normalized spacial score (nSPS) is 23.5. The highest BCUT2D eigenvalue weighted by molar-refractivity contribution is 5.96. The molecule has 2 unspecified atom stereocenters. The van der Waals surface area contributed by atoms with E-state index in [-0.39, 0.29) is 18.4 Å². The fraction of sp³-hybridized carbons (Fsp3) is 0.364. The molecule has 2 aliphatic heterocycles. The van der Waals surface area contributed by atoms with Crippen LogP contribution >= 0.6 is 0 Å². The van der Waals surface area contributed by atoms with Crippen LogP contribution in [0.2, 0.25) is 0 Å². The molecule has 1 saturated carbocycles. The number of amides is 1. The van der Waals surface area contributed by atoms with Gasteiger partial charge in [0, 0.05) is 49.9 Å². The summed E-state index contributed by atoms with van der Waals surface area (Å²) in [5.74, 6) is 0.872. The SMILES string of the molecule is CC1=CC(NC2N(C)C(c3cccc(C(=O)NC4CC4)c3)=Cc3nccn32)N(C)N1. The molecule has 8 nitrogen and oxygen atoms in total. The number of hydrazine groups is 1. The molecule has 1 aromatic heterocycles. The van der Waals surface area contributed by atoms with Crippen molar-refractivity contribution in [2.45, 2.75) is 38.3 Å². The van der Waals surface area contributed by atoms with Crippen molar-refractivity contribution in [3.8, 4) is 0 Å². The van der Waals surface area contributed by atoms with Gasteiger partial charge in [-0.25, -0.2) is 9.99 Å². The summed E-state index contributed by atoms with van der Waals surface area (Å²) in [6.07, 6.45) is 10.1. The molecule has 3 heterocycles. The minimum atomic E-state index is -0.122. The van der Waals surface area contributed by atoms with Crippen LogP contribution in [0.3, 0.4) is 0 Å². The number of imidazole rings is 1. The third-order valence-electron chi connectivity index (χ3n) is 5.81. The van der Waals surface area contributed by atoms with E-state index in [9.17, 15) is 4.79 Å². The summed E-state index contributed by atoms with van der Waals surface area (Å²) in [5, 5.41) is 8.79. The maximum absolute atomic E-state index is 12.5. The van der Waals surface area contributed by atoms with Crippen LogP contribution in [-0.2, 0) is 0 Å². The maximum atomic E-state index is 12.5. The Balaban J connectivity index is 1.45. The topological polar surface area (TPSA) is 77.5 Å². The van der Waals surface area contributed by atoms with Crippen molar-refractivity contribution in [2.24, 2.45) is 0 Å². The second-order valence-electron chi connectivity index (χ2n) is 8.22. The van der Waals surface area contributed by atoms with Gasteiger partial charge in [0.2, 0.25) is 0 Å². The molecule has 0 radical (unpaired) electrons. The van der Waals surface area contributed by atoms with Crippen LogP contribution in [0.4, 0.5) is 0 Å². The second-order valence-corrected chi connectivity index (χ2v) is 8.22. The standard InChI is InChI=1S/C22H27N7O/c1-14-11-20(28(3)26-14)25-22-27(2)18(13-19-23-9-10-29(19)22)15-5-4-6-16(12-15)21(30)24-17-7-8-17/h4-6,9-13,17,20,22,25-26H,7-8H2,1-3H3,(H,24,30). The Bertz CT molecular complexity index is 1040. The minimum absolute atomic E-state index is 0.00569. The second kappa shape index (κ2) is 7.30. The summed E-state index contributed by atoms with van der Waals surface area (Å²) in [6, 6.07) is 8.15. The van der Waals surface area contributed by atoms with E-state index in [1.54, 1.807) is 0 Å². The molecular formula is C22H27N7O. The molecule has 1 amide bonds. The zero-order valence-corrected chi connectivity index (χ0v) is 17.5. The Morgan fingerprint density at radius 3 is 2.83 bits per heavy atom. The fourth-order valence-corrected chi connectivity index (χ4v) is 4.03. The van der Waals surface area contributed by atoms with Crippen molar-refractivity contribution in [1.82, 2.24) is 35.5 Å². The third-order valence-corrected chi connectivity index (χ3v) is 5.81. The van der Waals surface area contributed by atoms with Gasteiger partial charge < -0.3 is 15.6 Å². The van der Waals surface area contributed by atoms with E-state index < -0.39 is 0 Å². The maximum Gasteiger partial charge on any atom is 0.251 e. The van der Waals surface area contributed by atoms with E-state index in [4.69, 9.17) is 0 Å². The van der Waals surface area contributed by atoms with Crippen molar-refractivity contribution in [2.75, 3.05) is 14.1 Å². The van der Waals surface area contributed by atoms with E-state index in [1.165, 1.54) is 0 Å². The predicted octanol–water partition coefficient (Wildman–Crippen LogP) is 1.94. The number of allylic oxidation sites excluding steroid dienone is 1. The molecule has 0 saturated heterocycles. The molecule has 2 aromatic rings. The van der Waals surface area contributed by atoms with Gasteiger partial charge in [0.25, 0.3) is 5.91 Å². The van der Waals surface area contributed by atoms with Gasteiger partial charge in [0.15, 0.2) is 6.29 Å².